The summed E-state index contributed by atoms with van der Waals surface area (Å²) in [6.45, 7) is 2.07. The van der Waals surface area contributed by atoms with E-state index in [4.69, 9.17) is 11.6 Å². The molecule has 2 heterocycles. The van der Waals surface area contributed by atoms with Gasteiger partial charge < -0.3 is 9.80 Å². The molecule has 0 radical (unpaired) electrons. The van der Waals surface area contributed by atoms with Crippen molar-refractivity contribution in [3.63, 3.8) is 0 Å². The molecule has 0 aliphatic carbocycles. The summed E-state index contributed by atoms with van der Waals surface area (Å²) in [5.74, 6) is 0.937. The number of likely N-dealkylation sites (N-methyl/N-ethyl adjacent to an activating group) is 1. The summed E-state index contributed by atoms with van der Waals surface area (Å²) in [5.41, 5.74) is 0. The molecule has 1 atom stereocenters. The van der Waals surface area contributed by atoms with E-state index in [2.05, 4.69) is 33.9 Å². The van der Waals surface area contributed by atoms with Gasteiger partial charge in [0.2, 0.25) is 0 Å². The molecular formula is C11H17ClN4. The predicted molar refractivity (Wildman–Crippen MR) is 66.0 cm³/mol. The molecule has 1 aliphatic rings. The highest BCUT2D eigenvalue weighted by atomic mass is 35.5. The number of aromatic nitrogens is 2. The fraction of sp³-hybridized carbons (Fsp3) is 0.636. The number of anilines is 1. The van der Waals surface area contributed by atoms with Gasteiger partial charge in [0.1, 0.15) is 17.3 Å². The SMILES string of the molecule is CN(C)C1CCCN(c2cc(Cl)ncn2)C1. The van der Waals surface area contributed by atoms with Crippen LogP contribution in [0.3, 0.4) is 0 Å². The van der Waals surface area contributed by atoms with Crippen LogP contribution in [0, 0.1) is 0 Å². The molecule has 0 aromatic carbocycles. The summed E-state index contributed by atoms with van der Waals surface area (Å²) in [4.78, 5) is 12.7. The largest absolute Gasteiger partial charge is 0.355 e. The number of halogens is 1. The number of hydrogen-bond donors (Lipinski definition) is 0. The second-order valence-corrected chi connectivity index (χ2v) is 4.79. The second kappa shape index (κ2) is 4.97. The Labute approximate surface area is 101 Å². The van der Waals surface area contributed by atoms with Crippen LogP contribution in [-0.2, 0) is 0 Å². The van der Waals surface area contributed by atoms with Crippen LogP contribution >= 0.6 is 11.6 Å². The quantitative estimate of drug-likeness (QED) is 0.736. The van der Waals surface area contributed by atoms with Crippen molar-refractivity contribution < 1.29 is 0 Å². The van der Waals surface area contributed by atoms with Gasteiger partial charge in [-0.3, -0.25) is 0 Å². The lowest BCUT2D eigenvalue weighted by molar-refractivity contribution is 0.257. The lowest BCUT2D eigenvalue weighted by Crippen LogP contribution is -2.45. The average molecular weight is 241 g/mol. The molecule has 0 saturated carbocycles. The Kier molecular flexibility index (Phi) is 3.61. The van der Waals surface area contributed by atoms with Gasteiger partial charge in [-0.2, -0.15) is 0 Å². The first-order chi connectivity index (χ1) is 7.66. The lowest BCUT2D eigenvalue weighted by atomic mass is 10.1. The molecular weight excluding hydrogens is 224 g/mol. The second-order valence-electron chi connectivity index (χ2n) is 4.40. The van der Waals surface area contributed by atoms with Crippen LogP contribution in [0.15, 0.2) is 12.4 Å². The van der Waals surface area contributed by atoms with E-state index in [-0.39, 0.29) is 0 Å². The van der Waals surface area contributed by atoms with Crippen LogP contribution in [0.5, 0.6) is 0 Å². The standard InChI is InChI=1S/C11H17ClN4/c1-15(2)9-4-3-5-16(7-9)11-6-10(12)13-8-14-11/h6,8-9H,3-5,7H2,1-2H3. The van der Waals surface area contributed by atoms with Gasteiger partial charge in [0, 0.05) is 25.2 Å². The predicted octanol–water partition coefficient (Wildman–Crippen LogP) is 1.66. The molecule has 1 saturated heterocycles. The highest BCUT2D eigenvalue weighted by molar-refractivity contribution is 6.29. The summed E-state index contributed by atoms with van der Waals surface area (Å²) in [6, 6.07) is 2.43. The van der Waals surface area contributed by atoms with Gasteiger partial charge in [0.25, 0.3) is 0 Å². The Bertz CT molecular complexity index is 356. The maximum absolute atomic E-state index is 5.87. The minimum atomic E-state index is 0.511. The van der Waals surface area contributed by atoms with E-state index in [0.29, 0.717) is 11.2 Å². The minimum absolute atomic E-state index is 0.511. The monoisotopic (exact) mass is 240 g/mol. The first-order valence-electron chi connectivity index (χ1n) is 5.56. The van der Waals surface area contributed by atoms with E-state index in [0.717, 1.165) is 18.9 Å². The summed E-state index contributed by atoms with van der Waals surface area (Å²) >= 11 is 5.87. The van der Waals surface area contributed by atoms with Crippen molar-refractivity contribution in [3.8, 4) is 0 Å². The van der Waals surface area contributed by atoms with E-state index in [9.17, 15) is 0 Å². The fourth-order valence-corrected chi connectivity index (χ4v) is 2.22. The van der Waals surface area contributed by atoms with Gasteiger partial charge >= 0.3 is 0 Å². The molecule has 0 amide bonds. The Morgan fingerprint density at radius 3 is 2.94 bits per heavy atom. The first kappa shape index (κ1) is 11.6. The molecule has 1 aromatic rings. The van der Waals surface area contributed by atoms with Crippen LogP contribution < -0.4 is 4.90 Å². The van der Waals surface area contributed by atoms with Crippen LogP contribution in [0.1, 0.15) is 12.8 Å². The minimum Gasteiger partial charge on any atom is -0.355 e. The third-order valence-corrected chi connectivity index (χ3v) is 3.28. The van der Waals surface area contributed by atoms with Crippen molar-refractivity contribution in [2.24, 2.45) is 0 Å². The van der Waals surface area contributed by atoms with Gasteiger partial charge in [-0.15, -0.1) is 0 Å². The first-order valence-corrected chi connectivity index (χ1v) is 5.93. The zero-order chi connectivity index (χ0) is 11.5. The lowest BCUT2D eigenvalue weighted by Gasteiger charge is -2.36. The summed E-state index contributed by atoms with van der Waals surface area (Å²) < 4.78 is 0. The van der Waals surface area contributed by atoms with Crippen LogP contribution in [-0.4, -0.2) is 48.1 Å². The highest BCUT2D eigenvalue weighted by Gasteiger charge is 2.22. The molecule has 88 valence electrons. The number of hydrogen-bond acceptors (Lipinski definition) is 4. The van der Waals surface area contributed by atoms with Gasteiger partial charge in [0.15, 0.2) is 0 Å². The maximum Gasteiger partial charge on any atom is 0.134 e. The van der Waals surface area contributed by atoms with Crippen LogP contribution in [0.4, 0.5) is 5.82 Å². The van der Waals surface area contributed by atoms with Gasteiger partial charge in [0.05, 0.1) is 0 Å². The summed E-state index contributed by atoms with van der Waals surface area (Å²) in [6.07, 6.45) is 3.98. The third kappa shape index (κ3) is 2.62. The van der Waals surface area contributed by atoms with Crippen molar-refractivity contribution in [1.82, 2.24) is 14.9 Å². The van der Waals surface area contributed by atoms with Crippen molar-refractivity contribution >= 4 is 17.4 Å². The molecule has 0 spiro atoms. The molecule has 1 unspecified atom stereocenters. The molecule has 2 rings (SSSR count). The maximum atomic E-state index is 5.87. The zero-order valence-corrected chi connectivity index (χ0v) is 10.5. The summed E-state index contributed by atoms with van der Waals surface area (Å²) in [7, 11) is 4.25. The average Bonchev–Trinajstić information content (AvgIpc) is 2.29. The Hall–Kier alpha value is -0.870. The zero-order valence-electron chi connectivity index (χ0n) is 9.73. The van der Waals surface area contributed by atoms with Gasteiger partial charge in [-0.05, 0) is 26.9 Å². The van der Waals surface area contributed by atoms with Crippen molar-refractivity contribution in [2.75, 3.05) is 32.1 Å². The Morgan fingerprint density at radius 1 is 1.44 bits per heavy atom. The van der Waals surface area contributed by atoms with E-state index >= 15 is 0 Å². The van der Waals surface area contributed by atoms with Crippen LogP contribution in [0.25, 0.3) is 0 Å². The van der Waals surface area contributed by atoms with Crippen molar-refractivity contribution in [1.29, 1.82) is 0 Å². The van der Waals surface area contributed by atoms with E-state index < -0.39 is 0 Å². The van der Waals surface area contributed by atoms with E-state index in [1.807, 2.05) is 6.07 Å². The molecule has 1 aliphatic heterocycles. The molecule has 1 fully saturated rings. The summed E-state index contributed by atoms with van der Waals surface area (Å²) in [5, 5.41) is 0.511. The molecule has 16 heavy (non-hydrogen) atoms. The van der Waals surface area contributed by atoms with E-state index in [1.165, 1.54) is 19.2 Å². The van der Waals surface area contributed by atoms with Gasteiger partial charge in [-0.1, -0.05) is 11.6 Å². The van der Waals surface area contributed by atoms with E-state index in [1.54, 1.807) is 0 Å². The third-order valence-electron chi connectivity index (χ3n) is 3.07. The molecule has 5 heteroatoms. The van der Waals surface area contributed by atoms with Gasteiger partial charge in [-0.25, -0.2) is 9.97 Å². The van der Waals surface area contributed by atoms with Crippen molar-refractivity contribution in [2.45, 2.75) is 18.9 Å². The van der Waals surface area contributed by atoms with Crippen molar-refractivity contribution in [3.05, 3.63) is 17.5 Å². The topological polar surface area (TPSA) is 32.3 Å². The fourth-order valence-electron chi connectivity index (χ4n) is 2.08. The number of piperidine rings is 1. The molecule has 0 bridgehead atoms. The molecule has 1 aromatic heterocycles. The normalized spacial score (nSPS) is 21.5. The molecule has 0 N–H and O–H groups in total. The number of nitrogens with zero attached hydrogens (tertiary/aromatic N) is 4. The Balaban J connectivity index is 2.09. The smallest absolute Gasteiger partial charge is 0.134 e. The number of rotatable bonds is 2. The molecule has 4 nitrogen and oxygen atoms in total. The highest BCUT2D eigenvalue weighted by Crippen LogP contribution is 2.20. The van der Waals surface area contributed by atoms with Crippen LogP contribution in [0.2, 0.25) is 5.15 Å². The Morgan fingerprint density at radius 2 is 2.25 bits per heavy atom.